The van der Waals surface area contributed by atoms with Crippen molar-refractivity contribution in [3.63, 3.8) is 0 Å². The van der Waals surface area contributed by atoms with Crippen molar-refractivity contribution < 1.29 is 14.0 Å². The van der Waals surface area contributed by atoms with Crippen molar-refractivity contribution in [2.45, 2.75) is 38.6 Å². The molecule has 2 aromatic heterocycles. The van der Waals surface area contributed by atoms with Crippen molar-refractivity contribution in [3.05, 3.63) is 17.8 Å². The number of nitrogens with zero attached hydrogens (tertiary/aromatic N) is 5. The van der Waals surface area contributed by atoms with Gasteiger partial charge in [-0.2, -0.15) is 4.98 Å². The number of piperidine rings is 1. The molecular formula is C20H29N5O3. The molecule has 0 spiro atoms. The fourth-order valence-corrected chi connectivity index (χ4v) is 4.00. The first-order valence-corrected chi connectivity index (χ1v) is 10.1. The molecular weight excluding hydrogens is 358 g/mol. The molecule has 0 aliphatic carbocycles. The Bertz CT molecular complexity index is 780. The van der Waals surface area contributed by atoms with Gasteiger partial charge in [-0.15, -0.1) is 0 Å². The molecule has 0 N–H and O–H groups in total. The van der Waals surface area contributed by atoms with E-state index in [0.29, 0.717) is 29.5 Å². The second-order valence-corrected chi connectivity index (χ2v) is 7.73. The van der Waals surface area contributed by atoms with Crippen LogP contribution in [0.25, 0.3) is 11.6 Å². The largest absolute Gasteiger partial charge is 0.496 e. The number of hydrogen-bond donors (Lipinski definition) is 0. The molecule has 8 nitrogen and oxygen atoms in total. The second-order valence-electron chi connectivity index (χ2n) is 7.73. The third-order valence-electron chi connectivity index (χ3n) is 5.68. The normalized spacial score (nSPS) is 19.4. The molecule has 0 aromatic carbocycles. The number of aromatic nitrogens is 3. The molecule has 0 amide bonds. The van der Waals surface area contributed by atoms with Gasteiger partial charge in [-0.1, -0.05) is 13.8 Å². The Morgan fingerprint density at radius 3 is 2.57 bits per heavy atom. The summed E-state index contributed by atoms with van der Waals surface area (Å²) in [4.78, 5) is 13.8. The van der Waals surface area contributed by atoms with E-state index in [4.69, 9.17) is 14.0 Å². The zero-order chi connectivity index (χ0) is 19.5. The van der Waals surface area contributed by atoms with Crippen LogP contribution in [-0.4, -0.2) is 72.6 Å². The monoisotopic (exact) mass is 387 g/mol. The minimum atomic E-state index is 0.336. The second kappa shape index (κ2) is 8.45. The van der Waals surface area contributed by atoms with Gasteiger partial charge in [0.2, 0.25) is 0 Å². The van der Waals surface area contributed by atoms with Crippen LogP contribution in [0, 0.1) is 0 Å². The summed E-state index contributed by atoms with van der Waals surface area (Å²) in [6, 6.07) is 2.50. The van der Waals surface area contributed by atoms with Crippen LogP contribution < -0.4 is 9.64 Å². The highest BCUT2D eigenvalue weighted by molar-refractivity contribution is 5.54. The third-order valence-corrected chi connectivity index (χ3v) is 5.68. The summed E-state index contributed by atoms with van der Waals surface area (Å²) < 4.78 is 16.5. The maximum atomic E-state index is 5.51. The van der Waals surface area contributed by atoms with Crippen molar-refractivity contribution >= 4 is 5.95 Å². The molecule has 0 atom stereocenters. The van der Waals surface area contributed by atoms with Crippen molar-refractivity contribution in [1.29, 1.82) is 0 Å². The van der Waals surface area contributed by atoms with Gasteiger partial charge in [0.15, 0.2) is 0 Å². The van der Waals surface area contributed by atoms with Crippen LogP contribution in [0.5, 0.6) is 5.75 Å². The average molecular weight is 387 g/mol. The highest BCUT2D eigenvalue weighted by Crippen LogP contribution is 2.30. The van der Waals surface area contributed by atoms with Gasteiger partial charge in [-0.05, 0) is 23.9 Å². The van der Waals surface area contributed by atoms with E-state index in [1.807, 2.05) is 12.3 Å². The number of morpholine rings is 1. The standard InChI is InChI=1S/C20H29N5O3/c1-14(2)16-13-21-17(12-18(16)26-3)19-22-20(23-28-19)25-6-4-15(5-7-25)24-8-10-27-11-9-24/h12-15H,4-11H2,1-3H3. The van der Waals surface area contributed by atoms with Crippen LogP contribution >= 0.6 is 0 Å². The molecule has 2 aromatic rings. The molecule has 28 heavy (non-hydrogen) atoms. The molecule has 2 aliphatic rings. The summed E-state index contributed by atoms with van der Waals surface area (Å²) in [7, 11) is 1.67. The number of pyridine rings is 1. The van der Waals surface area contributed by atoms with E-state index in [1.165, 1.54) is 0 Å². The molecule has 0 saturated carbocycles. The SMILES string of the molecule is COc1cc(-c2nc(N3CCC(N4CCOCC4)CC3)no2)ncc1C(C)C. The fourth-order valence-electron chi connectivity index (χ4n) is 4.00. The summed E-state index contributed by atoms with van der Waals surface area (Å²) >= 11 is 0. The predicted molar refractivity (Wildman–Crippen MR) is 106 cm³/mol. The molecule has 152 valence electrons. The minimum Gasteiger partial charge on any atom is -0.496 e. The van der Waals surface area contributed by atoms with E-state index in [0.717, 1.165) is 63.5 Å². The summed E-state index contributed by atoms with van der Waals surface area (Å²) in [6.07, 6.45) is 4.05. The van der Waals surface area contributed by atoms with Crippen LogP contribution in [0.15, 0.2) is 16.8 Å². The molecule has 4 heterocycles. The Kier molecular flexibility index (Phi) is 5.77. The average Bonchev–Trinajstić information content (AvgIpc) is 3.24. The van der Waals surface area contributed by atoms with Gasteiger partial charge in [-0.3, -0.25) is 9.88 Å². The van der Waals surface area contributed by atoms with Crippen molar-refractivity contribution in [2.75, 3.05) is 51.4 Å². The highest BCUT2D eigenvalue weighted by Gasteiger charge is 2.28. The van der Waals surface area contributed by atoms with Crippen molar-refractivity contribution in [3.8, 4) is 17.3 Å². The van der Waals surface area contributed by atoms with Gasteiger partial charge in [0.25, 0.3) is 11.8 Å². The Morgan fingerprint density at radius 1 is 1.14 bits per heavy atom. The molecule has 0 bridgehead atoms. The predicted octanol–water partition coefficient (Wildman–Crippen LogP) is 2.56. The molecule has 2 fully saturated rings. The van der Waals surface area contributed by atoms with Gasteiger partial charge in [0.05, 0.1) is 20.3 Å². The number of hydrogen-bond acceptors (Lipinski definition) is 8. The van der Waals surface area contributed by atoms with Gasteiger partial charge in [-0.25, -0.2) is 0 Å². The van der Waals surface area contributed by atoms with Crippen LogP contribution in [0.1, 0.15) is 38.2 Å². The van der Waals surface area contributed by atoms with E-state index in [-0.39, 0.29) is 0 Å². The molecule has 0 radical (unpaired) electrons. The maximum absolute atomic E-state index is 5.51. The lowest BCUT2D eigenvalue weighted by molar-refractivity contribution is 0.0114. The first-order valence-electron chi connectivity index (χ1n) is 10.1. The van der Waals surface area contributed by atoms with Gasteiger partial charge in [0, 0.05) is 50.0 Å². The first kappa shape index (κ1) is 19.1. The summed E-state index contributed by atoms with van der Waals surface area (Å²) in [6.45, 7) is 9.87. The van der Waals surface area contributed by atoms with Crippen LogP contribution in [0.3, 0.4) is 0 Å². The van der Waals surface area contributed by atoms with E-state index in [2.05, 4.69) is 38.8 Å². The Labute approximate surface area is 165 Å². The Balaban J connectivity index is 1.42. The zero-order valence-corrected chi connectivity index (χ0v) is 16.9. The quantitative estimate of drug-likeness (QED) is 0.775. The molecule has 0 unspecified atom stereocenters. The molecule has 2 aliphatic heterocycles. The molecule has 4 rings (SSSR count). The van der Waals surface area contributed by atoms with E-state index in [9.17, 15) is 0 Å². The fraction of sp³-hybridized carbons (Fsp3) is 0.650. The lowest BCUT2D eigenvalue weighted by atomic mass is 10.0. The highest BCUT2D eigenvalue weighted by atomic mass is 16.5. The number of anilines is 1. The van der Waals surface area contributed by atoms with Crippen molar-refractivity contribution in [2.24, 2.45) is 0 Å². The number of ether oxygens (including phenoxy) is 2. The summed E-state index contributed by atoms with van der Waals surface area (Å²) in [5.41, 5.74) is 1.71. The van der Waals surface area contributed by atoms with Crippen molar-refractivity contribution in [1.82, 2.24) is 20.0 Å². The number of methoxy groups -OCH3 is 1. The van der Waals surface area contributed by atoms with Crippen LogP contribution in [0.4, 0.5) is 5.95 Å². The molecule has 8 heteroatoms. The lowest BCUT2D eigenvalue weighted by Crippen LogP contribution is -2.49. The first-order chi connectivity index (χ1) is 13.7. The Morgan fingerprint density at radius 2 is 1.89 bits per heavy atom. The van der Waals surface area contributed by atoms with Gasteiger partial charge >= 0.3 is 0 Å². The maximum Gasteiger partial charge on any atom is 0.278 e. The summed E-state index contributed by atoms with van der Waals surface area (Å²) in [5.74, 6) is 2.21. The van der Waals surface area contributed by atoms with E-state index < -0.39 is 0 Å². The van der Waals surface area contributed by atoms with Crippen LogP contribution in [-0.2, 0) is 4.74 Å². The number of rotatable bonds is 5. The zero-order valence-electron chi connectivity index (χ0n) is 16.9. The minimum absolute atomic E-state index is 0.336. The van der Waals surface area contributed by atoms with E-state index in [1.54, 1.807) is 7.11 Å². The van der Waals surface area contributed by atoms with Crippen LogP contribution in [0.2, 0.25) is 0 Å². The summed E-state index contributed by atoms with van der Waals surface area (Å²) in [5, 5.41) is 4.19. The Hall–Kier alpha value is -2.19. The third kappa shape index (κ3) is 3.98. The lowest BCUT2D eigenvalue weighted by Gasteiger charge is -2.39. The smallest absolute Gasteiger partial charge is 0.278 e. The topological polar surface area (TPSA) is 76.8 Å². The van der Waals surface area contributed by atoms with Gasteiger partial charge < -0.3 is 18.9 Å². The van der Waals surface area contributed by atoms with E-state index >= 15 is 0 Å². The van der Waals surface area contributed by atoms with Gasteiger partial charge in [0.1, 0.15) is 11.4 Å². The molecule has 2 saturated heterocycles.